The Morgan fingerprint density at radius 2 is 2.00 bits per heavy atom. The van der Waals surface area contributed by atoms with E-state index in [0.717, 1.165) is 0 Å². The summed E-state index contributed by atoms with van der Waals surface area (Å²) in [4.78, 5) is 11.7. The van der Waals surface area contributed by atoms with Crippen LogP contribution in [0.25, 0.3) is 0 Å². The number of carbonyl (C=O) groups is 1. The van der Waals surface area contributed by atoms with Gasteiger partial charge in [0.2, 0.25) is 10.0 Å². The Morgan fingerprint density at radius 1 is 1.35 bits per heavy atom. The van der Waals surface area contributed by atoms with E-state index in [1.54, 1.807) is 27.0 Å². The summed E-state index contributed by atoms with van der Waals surface area (Å²) in [6.07, 6.45) is 0. The van der Waals surface area contributed by atoms with E-state index in [0.29, 0.717) is 16.8 Å². The van der Waals surface area contributed by atoms with Crippen LogP contribution in [0, 0.1) is 19.7 Å². The number of aromatic nitrogens is 2. The fraction of sp³-hybridized carbons (Fsp3) is 0.333. The first kappa shape index (κ1) is 17.1. The van der Waals surface area contributed by atoms with Gasteiger partial charge in [0.25, 0.3) is 0 Å². The van der Waals surface area contributed by atoms with Crippen molar-refractivity contribution >= 4 is 21.6 Å². The number of anilines is 1. The maximum Gasteiger partial charge on any atom is 0.238 e. The maximum atomic E-state index is 13.5. The number of benzene rings is 1. The number of aryl methyl sites for hydroxylation is 3. The highest BCUT2D eigenvalue weighted by Crippen LogP contribution is 2.22. The highest BCUT2D eigenvalue weighted by molar-refractivity contribution is 7.91. The average molecular weight is 339 g/mol. The Morgan fingerprint density at radius 3 is 2.57 bits per heavy atom. The number of carbonyl (C=O) groups excluding carboxylic acids is 1. The van der Waals surface area contributed by atoms with E-state index in [4.69, 9.17) is 0 Å². The molecule has 124 valence electrons. The van der Waals surface area contributed by atoms with E-state index in [2.05, 4.69) is 9.82 Å². The smallest absolute Gasteiger partial charge is 0.238 e. The largest absolute Gasteiger partial charge is 0.294 e. The van der Waals surface area contributed by atoms with Crippen molar-refractivity contribution in [3.05, 3.63) is 46.4 Å². The summed E-state index contributed by atoms with van der Waals surface area (Å²) in [6.45, 7) is 4.57. The summed E-state index contributed by atoms with van der Waals surface area (Å²) in [5, 5.41) is 4.06. The summed E-state index contributed by atoms with van der Waals surface area (Å²) >= 11 is 0. The number of hydrogen-bond acceptors (Lipinski definition) is 4. The summed E-state index contributed by atoms with van der Waals surface area (Å²) in [6, 6.07) is 4.27. The molecule has 0 atom stereocenters. The van der Waals surface area contributed by atoms with E-state index >= 15 is 0 Å². The molecule has 6 nitrogen and oxygen atoms in total. The molecule has 0 fully saturated rings. The molecular weight excluding hydrogens is 321 g/mol. The van der Waals surface area contributed by atoms with Gasteiger partial charge >= 0.3 is 0 Å². The monoisotopic (exact) mass is 339 g/mol. The van der Waals surface area contributed by atoms with Gasteiger partial charge in [0, 0.05) is 7.05 Å². The molecule has 1 aromatic heterocycles. The van der Waals surface area contributed by atoms with E-state index in [1.165, 1.54) is 23.7 Å². The Kier molecular flexibility index (Phi) is 4.56. The number of Topliss-reactive ketones (excluding diaryl/α,β-unsaturated/α-hetero) is 1. The molecule has 1 N–H and O–H groups in total. The number of halogens is 1. The zero-order valence-electron chi connectivity index (χ0n) is 13.3. The standard InChI is InChI=1S/C15H18FN3O3S/c1-9-5-6-12(7-13(9)16)8-23(21,22)18-15-14(11(3)20)10(2)17-19(15)4/h5-7,18H,8H2,1-4H3. The molecule has 2 aromatic rings. The molecule has 0 aliphatic heterocycles. The maximum absolute atomic E-state index is 13.5. The second-order valence-corrected chi connectivity index (χ2v) is 7.16. The number of nitrogens with one attached hydrogen (secondary N) is 1. The molecule has 23 heavy (non-hydrogen) atoms. The number of ketones is 1. The molecule has 0 aliphatic rings. The summed E-state index contributed by atoms with van der Waals surface area (Å²) in [7, 11) is -2.27. The lowest BCUT2D eigenvalue weighted by Crippen LogP contribution is -2.19. The van der Waals surface area contributed by atoms with Crippen molar-refractivity contribution in [3.63, 3.8) is 0 Å². The van der Waals surface area contributed by atoms with Crippen molar-refractivity contribution in [2.24, 2.45) is 7.05 Å². The molecule has 0 aliphatic carbocycles. The molecule has 0 unspecified atom stereocenters. The SMILES string of the molecule is CC(=O)c1c(C)nn(C)c1NS(=O)(=O)Cc1ccc(C)c(F)c1. The zero-order valence-corrected chi connectivity index (χ0v) is 14.2. The third-order valence-corrected chi connectivity index (χ3v) is 4.64. The minimum Gasteiger partial charge on any atom is -0.294 e. The first-order valence-electron chi connectivity index (χ1n) is 6.91. The molecule has 1 aromatic carbocycles. The van der Waals surface area contributed by atoms with Crippen LogP contribution in [0.3, 0.4) is 0 Å². The topological polar surface area (TPSA) is 81.1 Å². The minimum atomic E-state index is -3.81. The molecule has 0 amide bonds. The van der Waals surface area contributed by atoms with Gasteiger partial charge < -0.3 is 0 Å². The number of rotatable bonds is 5. The molecule has 0 radical (unpaired) electrons. The third kappa shape index (κ3) is 3.76. The number of sulfonamides is 1. The van der Waals surface area contributed by atoms with Crippen LogP contribution in [0.5, 0.6) is 0 Å². The third-order valence-electron chi connectivity index (χ3n) is 3.42. The van der Waals surface area contributed by atoms with Crippen LogP contribution in [-0.4, -0.2) is 24.0 Å². The van der Waals surface area contributed by atoms with Crippen molar-refractivity contribution < 1.29 is 17.6 Å². The molecule has 1 heterocycles. The van der Waals surface area contributed by atoms with Crippen LogP contribution in [0.1, 0.15) is 34.1 Å². The zero-order chi connectivity index (χ0) is 17.4. The van der Waals surface area contributed by atoms with Crippen molar-refractivity contribution in [3.8, 4) is 0 Å². The van der Waals surface area contributed by atoms with E-state index in [-0.39, 0.29) is 17.2 Å². The number of nitrogens with zero attached hydrogens (tertiary/aromatic N) is 2. The first-order chi connectivity index (χ1) is 10.6. The lowest BCUT2D eigenvalue weighted by atomic mass is 10.2. The Bertz CT molecular complexity index is 872. The summed E-state index contributed by atoms with van der Waals surface area (Å²) < 4.78 is 41.9. The average Bonchev–Trinajstić information content (AvgIpc) is 2.67. The first-order valence-corrected chi connectivity index (χ1v) is 8.56. The Labute approximate surface area is 134 Å². The van der Waals surface area contributed by atoms with Crippen LogP contribution in [0.2, 0.25) is 0 Å². The van der Waals surface area contributed by atoms with Gasteiger partial charge in [-0.2, -0.15) is 5.10 Å². The van der Waals surface area contributed by atoms with Gasteiger partial charge in [-0.15, -0.1) is 0 Å². The molecular formula is C15H18FN3O3S. The van der Waals surface area contributed by atoms with Gasteiger partial charge in [0.05, 0.1) is 17.0 Å². The van der Waals surface area contributed by atoms with Gasteiger partial charge in [-0.3, -0.25) is 14.2 Å². The predicted molar refractivity (Wildman–Crippen MR) is 85.3 cm³/mol. The highest BCUT2D eigenvalue weighted by atomic mass is 32.2. The molecule has 0 bridgehead atoms. The van der Waals surface area contributed by atoms with Crippen molar-refractivity contribution in [1.29, 1.82) is 0 Å². The highest BCUT2D eigenvalue weighted by Gasteiger charge is 2.22. The molecule has 0 saturated carbocycles. The quantitative estimate of drug-likeness (QED) is 0.848. The fourth-order valence-electron chi connectivity index (χ4n) is 2.33. The molecule has 0 saturated heterocycles. The number of hydrogen-bond donors (Lipinski definition) is 1. The second-order valence-electron chi connectivity index (χ2n) is 5.43. The van der Waals surface area contributed by atoms with Gasteiger partial charge in [-0.25, -0.2) is 12.8 Å². The van der Waals surface area contributed by atoms with Crippen molar-refractivity contribution in [2.75, 3.05) is 4.72 Å². The molecule has 2 rings (SSSR count). The molecule has 0 spiro atoms. The van der Waals surface area contributed by atoms with E-state index in [9.17, 15) is 17.6 Å². The normalized spacial score (nSPS) is 11.5. The fourth-order valence-corrected chi connectivity index (χ4v) is 3.54. The van der Waals surface area contributed by atoms with Crippen LogP contribution in [0.4, 0.5) is 10.2 Å². The Hall–Kier alpha value is -2.22. The Balaban J connectivity index is 2.32. The van der Waals surface area contributed by atoms with Crippen LogP contribution in [-0.2, 0) is 22.8 Å². The van der Waals surface area contributed by atoms with E-state index < -0.39 is 21.6 Å². The second kappa shape index (κ2) is 6.11. The minimum absolute atomic E-state index is 0.114. The summed E-state index contributed by atoms with van der Waals surface area (Å²) in [5.41, 5.74) is 1.44. The predicted octanol–water partition coefficient (Wildman–Crippen LogP) is 2.32. The van der Waals surface area contributed by atoms with Gasteiger partial charge in [-0.05, 0) is 38.0 Å². The van der Waals surface area contributed by atoms with Crippen molar-refractivity contribution in [1.82, 2.24) is 9.78 Å². The summed E-state index contributed by atoms with van der Waals surface area (Å²) in [5.74, 6) is -1.03. The van der Waals surface area contributed by atoms with Gasteiger partial charge in [-0.1, -0.05) is 12.1 Å². The van der Waals surface area contributed by atoms with Crippen LogP contribution >= 0.6 is 0 Å². The lowest BCUT2D eigenvalue weighted by molar-refractivity contribution is 0.101. The van der Waals surface area contributed by atoms with Gasteiger partial charge in [0.15, 0.2) is 5.78 Å². The molecule has 8 heteroatoms. The van der Waals surface area contributed by atoms with Gasteiger partial charge in [0.1, 0.15) is 11.6 Å². The van der Waals surface area contributed by atoms with Crippen LogP contribution < -0.4 is 4.72 Å². The lowest BCUT2D eigenvalue weighted by Gasteiger charge is -2.10. The van der Waals surface area contributed by atoms with Crippen LogP contribution in [0.15, 0.2) is 18.2 Å². The van der Waals surface area contributed by atoms with Crippen molar-refractivity contribution in [2.45, 2.75) is 26.5 Å². The van der Waals surface area contributed by atoms with E-state index in [1.807, 2.05) is 0 Å².